The van der Waals surface area contributed by atoms with Gasteiger partial charge in [-0.15, -0.1) is 0 Å². The van der Waals surface area contributed by atoms with E-state index < -0.39 is 5.97 Å². The molecule has 5 heteroatoms. The molecule has 104 valence electrons. The molecule has 0 radical (unpaired) electrons. The van der Waals surface area contributed by atoms with Gasteiger partial charge < -0.3 is 9.84 Å². The van der Waals surface area contributed by atoms with Gasteiger partial charge in [-0.25, -0.2) is 9.78 Å². The molecule has 1 heterocycles. The van der Waals surface area contributed by atoms with E-state index in [1.807, 2.05) is 18.2 Å². The molecule has 0 aliphatic carbocycles. The second-order valence-corrected chi connectivity index (χ2v) is 5.16. The van der Waals surface area contributed by atoms with Gasteiger partial charge in [0.2, 0.25) is 5.88 Å². The molecule has 0 bridgehead atoms. The molecule has 0 saturated heterocycles. The molecule has 0 fully saturated rings. The second kappa shape index (κ2) is 7.05. The van der Waals surface area contributed by atoms with Crippen molar-refractivity contribution in [2.45, 2.75) is 12.8 Å². The monoisotopic (exact) mass is 335 g/mol. The molecule has 2 rings (SSSR count). The second-order valence-electron chi connectivity index (χ2n) is 4.25. The Morgan fingerprint density at radius 2 is 2.05 bits per heavy atom. The summed E-state index contributed by atoms with van der Waals surface area (Å²) in [6.45, 7) is 0.434. The van der Waals surface area contributed by atoms with E-state index in [0.717, 1.165) is 12.8 Å². The highest BCUT2D eigenvalue weighted by atomic mass is 79.9. The first-order valence-corrected chi connectivity index (χ1v) is 7.01. The van der Waals surface area contributed by atoms with Crippen LogP contribution in [0.25, 0.3) is 0 Å². The lowest BCUT2D eigenvalue weighted by Crippen LogP contribution is -2.07. The normalized spacial score (nSPS) is 10.2. The zero-order valence-electron chi connectivity index (χ0n) is 10.8. The number of carboxylic acids is 1. The van der Waals surface area contributed by atoms with E-state index in [-0.39, 0.29) is 11.4 Å². The number of halogens is 1. The number of carboxylic acid groups (broad SMARTS) is 1. The SMILES string of the molecule is O=C(O)c1cc(Br)cnc1OCCCc1ccccc1. The van der Waals surface area contributed by atoms with Crippen LogP contribution in [0.1, 0.15) is 22.3 Å². The number of benzene rings is 1. The number of ether oxygens (including phenoxy) is 1. The van der Waals surface area contributed by atoms with Gasteiger partial charge in [-0.05, 0) is 40.4 Å². The zero-order chi connectivity index (χ0) is 14.4. The standard InChI is InChI=1S/C15H14BrNO3/c16-12-9-13(15(18)19)14(17-10-12)20-8-4-7-11-5-2-1-3-6-11/h1-3,5-6,9-10H,4,7-8H2,(H,18,19). The van der Waals surface area contributed by atoms with Gasteiger partial charge in [0.15, 0.2) is 0 Å². The van der Waals surface area contributed by atoms with Gasteiger partial charge in [0.05, 0.1) is 6.61 Å². The zero-order valence-corrected chi connectivity index (χ0v) is 12.3. The van der Waals surface area contributed by atoms with E-state index in [1.165, 1.54) is 17.8 Å². The van der Waals surface area contributed by atoms with Crippen molar-refractivity contribution in [3.8, 4) is 5.88 Å². The van der Waals surface area contributed by atoms with Crippen molar-refractivity contribution < 1.29 is 14.6 Å². The van der Waals surface area contributed by atoms with Crippen LogP contribution in [0.3, 0.4) is 0 Å². The summed E-state index contributed by atoms with van der Waals surface area (Å²) in [6, 6.07) is 11.6. The molecular weight excluding hydrogens is 322 g/mol. The summed E-state index contributed by atoms with van der Waals surface area (Å²) in [7, 11) is 0. The Labute approximate surface area is 125 Å². The first kappa shape index (κ1) is 14.5. The van der Waals surface area contributed by atoms with Gasteiger partial charge in [0.25, 0.3) is 0 Å². The molecule has 1 aromatic heterocycles. The molecule has 0 amide bonds. The van der Waals surface area contributed by atoms with Gasteiger partial charge in [0.1, 0.15) is 5.56 Å². The van der Waals surface area contributed by atoms with Crippen molar-refractivity contribution in [1.29, 1.82) is 0 Å². The Bertz CT molecular complexity index is 587. The maximum Gasteiger partial charge on any atom is 0.341 e. The number of carbonyl (C=O) groups is 1. The summed E-state index contributed by atoms with van der Waals surface area (Å²) in [5, 5.41) is 9.08. The third-order valence-electron chi connectivity index (χ3n) is 2.74. The molecule has 1 N–H and O–H groups in total. The van der Waals surface area contributed by atoms with Crippen LogP contribution in [-0.2, 0) is 6.42 Å². The van der Waals surface area contributed by atoms with Crippen LogP contribution in [0.2, 0.25) is 0 Å². The molecule has 0 spiro atoms. The van der Waals surface area contributed by atoms with Crippen LogP contribution >= 0.6 is 15.9 Å². The average Bonchev–Trinajstić information content (AvgIpc) is 2.45. The topological polar surface area (TPSA) is 59.4 Å². The maximum absolute atomic E-state index is 11.1. The number of hydrogen-bond donors (Lipinski definition) is 1. The Balaban J connectivity index is 1.90. The molecule has 0 aliphatic heterocycles. The lowest BCUT2D eigenvalue weighted by Gasteiger charge is -2.08. The van der Waals surface area contributed by atoms with E-state index in [0.29, 0.717) is 11.1 Å². The summed E-state index contributed by atoms with van der Waals surface area (Å²) < 4.78 is 6.08. The fourth-order valence-corrected chi connectivity index (χ4v) is 2.12. The Morgan fingerprint density at radius 1 is 1.30 bits per heavy atom. The molecule has 0 aliphatic rings. The predicted molar refractivity (Wildman–Crippen MR) is 79.2 cm³/mol. The summed E-state index contributed by atoms with van der Waals surface area (Å²) >= 11 is 3.20. The summed E-state index contributed by atoms with van der Waals surface area (Å²) in [5.41, 5.74) is 1.30. The number of rotatable bonds is 6. The fourth-order valence-electron chi connectivity index (χ4n) is 1.78. The molecule has 4 nitrogen and oxygen atoms in total. The highest BCUT2D eigenvalue weighted by Crippen LogP contribution is 2.20. The quantitative estimate of drug-likeness (QED) is 0.820. The molecule has 0 saturated carbocycles. The fraction of sp³-hybridized carbons (Fsp3) is 0.200. The van der Waals surface area contributed by atoms with Crippen LogP contribution in [0.4, 0.5) is 0 Å². The predicted octanol–water partition coefficient (Wildman–Crippen LogP) is 3.55. The minimum atomic E-state index is -1.04. The molecular formula is C15H14BrNO3. The number of hydrogen-bond acceptors (Lipinski definition) is 3. The van der Waals surface area contributed by atoms with Crippen molar-refractivity contribution in [2.75, 3.05) is 6.61 Å². The number of aromatic carboxylic acids is 1. The van der Waals surface area contributed by atoms with Crippen LogP contribution in [0, 0.1) is 0 Å². The van der Waals surface area contributed by atoms with Crippen LogP contribution in [0.5, 0.6) is 5.88 Å². The van der Waals surface area contributed by atoms with Crippen LogP contribution < -0.4 is 4.74 Å². The first-order chi connectivity index (χ1) is 9.66. The minimum Gasteiger partial charge on any atom is -0.477 e. The van der Waals surface area contributed by atoms with Crippen molar-refractivity contribution in [2.24, 2.45) is 0 Å². The molecule has 20 heavy (non-hydrogen) atoms. The molecule has 1 aromatic carbocycles. The smallest absolute Gasteiger partial charge is 0.341 e. The first-order valence-electron chi connectivity index (χ1n) is 6.22. The summed E-state index contributed by atoms with van der Waals surface area (Å²) in [5.74, 6) is -0.884. The Hall–Kier alpha value is -1.88. The Morgan fingerprint density at radius 3 is 2.75 bits per heavy atom. The van der Waals surface area contributed by atoms with E-state index in [4.69, 9.17) is 9.84 Å². The molecule has 0 unspecified atom stereocenters. The number of pyridine rings is 1. The summed E-state index contributed by atoms with van der Waals surface area (Å²) in [4.78, 5) is 15.1. The highest BCUT2D eigenvalue weighted by molar-refractivity contribution is 9.10. The Kier molecular flexibility index (Phi) is 5.12. The van der Waals surface area contributed by atoms with Crippen molar-refractivity contribution in [1.82, 2.24) is 4.98 Å². The third-order valence-corrected chi connectivity index (χ3v) is 3.17. The lowest BCUT2D eigenvalue weighted by molar-refractivity contribution is 0.0691. The number of nitrogens with zero attached hydrogens (tertiary/aromatic N) is 1. The van der Waals surface area contributed by atoms with Gasteiger partial charge in [-0.2, -0.15) is 0 Å². The highest BCUT2D eigenvalue weighted by Gasteiger charge is 2.13. The van der Waals surface area contributed by atoms with Gasteiger partial charge >= 0.3 is 5.97 Å². The van der Waals surface area contributed by atoms with E-state index >= 15 is 0 Å². The van der Waals surface area contributed by atoms with Gasteiger partial charge in [-0.1, -0.05) is 30.3 Å². The van der Waals surface area contributed by atoms with Crippen LogP contribution in [0.15, 0.2) is 47.1 Å². The van der Waals surface area contributed by atoms with E-state index in [9.17, 15) is 4.79 Å². The largest absolute Gasteiger partial charge is 0.477 e. The summed E-state index contributed by atoms with van der Waals surface area (Å²) in [6.07, 6.45) is 3.22. The van der Waals surface area contributed by atoms with Gasteiger partial charge in [0, 0.05) is 10.7 Å². The van der Waals surface area contributed by atoms with E-state index in [1.54, 1.807) is 0 Å². The third kappa shape index (κ3) is 4.06. The van der Waals surface area contributed by atoms with Crippen molar-refractivity contribution in [3.05, 3.63) is 58.2 Å². The van der Waals surface area contributed by atoms with E-state index in [2.05, 4.69) is 33.0 Å². The van der Waals surface area contributed by atoms with Gasteiger partial charge in [-0.3, -0.25) is 0 Å². The molecule has 2 aromatic rings. The lowest BCUT2D eigenvalue weighted by atomic mass is 10.1. The van der Waals surface area contributed by atoms with Crippen molar-refractivity contribution >= 4 is 21.9 Å². The van der Waals surface area contributed by atoms with Crippen molar-refractivity contribution in [3.63, 3.8) is 0 Å². The molecule has 0 atom stereocenters. The number of aromatic nitrogens is 1. The number of aryl methyl sites for hydroxylation is 1. The minimum absolute atomic E-state index is 0.0686. The maximum atomic E-state index is 11.1. The van der Waals surface area contributed by atoms with Crippen LogP contribution in [-0.4, -0.2) is 22.7 Å². The average molecular weight is 336 g/mol.